The molecule has 1 saturated heterocycles. The van der Waals surface area contributed by atoms with Crippen LogP contribution in [0.1, 0.15) is 19.3 Å². The molecule has 2 aromatic heterocycles. The van der Waals surface area contributed by atoms with E-state index in [1.807, 2.05) is 36.4 Å². The highest BCUT2D eigenvalue weighted by atomic mass is 32.2. The van der Waals surface area contributed by atoms with Gasteiger partial charge in [0.1, 0.15) is 5.03 Å². The average molecular weight is 588 g/mol. The number of ether oxygens (including phenoxy) is 2. The van der Waals surface area contributed by atoms with Crippen LogP contribution < -0.4 is 21.1 Å². The third-order valence-corrected chi connectivity index (χ3v) is 8.09. The van der Waals surface area contributed by atoms with Gasteiger partial charge >= 0.3 is 0 Å². The van der Waals surface area contributed by atoms with Gasteiger partial charge in [0.15, 0.2) is 5.13 Å². The number of likely N-dealkylation sites (tertiary alicyclic amines) is 1. The van der Waals surface area contributed by atoms with Crippen LogP contribution in [-0.2, 0) is 19.1 Å². The Morgan fingerprint density at radius 1 is 1.10 bits per heavy atom. The molecule has 1 aliphatic heterocycles. The van der Waals surface area contributed by atoms with Crippen molar-refractivity contribution >= 4 is 56.1 Å². The smallest absolute Gasteiger partial charge is 0.229 e. The Bertz CT molecular complexity index is 1210. The molecule has 0 aliphatic carbocycles. The van der Waals surface area contributed by atoms with Gasteiger partial charge in [-0.05, 0) is 56.3 Å². The van der Waals surface area contributed by atoms with Crippen molar-refractivity contribution in [2.75, 3.05) is 69.2 Å². The second kappa shape index (κ2) is 16.5. The minimum absolute atomic E-state index is 0.00682. The molecule has 0 unspecified atom stereocenters. The lowest BCUT2D eigenvalue weighted by Gasteiger charge is -2.30. The van der Waals surface area contributed by atoms with Crippen LogP contribution in [-0.4, -0.2) is 85.8 Å². The summed E-state index contributed by atoms with van der Waals surface area (Å²) < 4.78 is 14.9. The number of hydrogen-bond donors (Lipinski definition) is 4. The van der Waals surface area contributed by atoms with Crippen LogP contribution >= 0.6 is 23.3 Å². The molecule has 216 valence electrons. The first-order valence-electron chi connectivity index (χ1n) is 13.5. The molecular formula is C27H37N7O4S2. The molecule has 11 nitrogen and oxygen atoms in total. The van der Waals surface area contributed by atoms with Crippen molar-refractivity contribution in [1.29, 1.82) is 0 Å². The summed E-state index contributed by atoms with van der Waals surface area (Å²) in [6.07, 6.45) is 3.71. The predicted octanol–water partition coefficient (Wildman–Crippen LogP) is 2.96. The number of anilines is 2. The van der Waals surface area contributed by atoms with E-state index in [9.17, 15) is 9.59 Å². The SMILES string of the molecule is NCCOCCOCCNC(=O)CCN1CCC(C(=O)Nc2nc3cc(NSc4ccccn4)ccc3s2)CC1. The number of thiazole rings is 1. The number of nitrogens with two attached hydrogens (primary N) is 1. The number of carbonyl (C=O) groups excluding carboxylic acids is 2. The number of carbonyl (C=O) groups is 2. The van der Waals surface area contributed by atoms with Crippen LogP contribution in [0.5, 0.6) is 0 Å². The van der Waals surface area contributed by atoms with Gasteiger partial charge in [0.05, 0.1) is 36.6 Å². The van der Waals surface area contributed by atoms with Gasteiger partial charge in [0, 0.05) is 55.8 Å². The Labute approximate surface area is 242 Å². The van der Waals surface area contributed by atoms with E-state index in [2.05, 4.69) is 30.2 Å². The van der Waals surface area contributed by atoms with Crippen LogP contribution in [0.2, 0.25) is 0 Å². The van der Waals surface area contributed by atoms with Gasteiger partial charge < -0.3 is 35.5 Å². The molecule has 4 rings (SSSR count). The first kappa shape index (κ1) is 30.2. The molecular weight excluding hydrogens is 550 g/mol. The highest BCUT2D eigenvalue weighted by Crippen LogP contribution is 2.30. The lowest BCUT2D eigenvalue weighted by Crippen LogP contribution is -2.40. The molecule has 1 aliphatic rings. The van der Waals surface area contributed by atoms with Crippen LogP contribution in [0.15, 0.2) is 47.6 Å². The third-order valence-electron chi connectivity index (χ3n) is 6.35. The molecule has 0 radical (unpaired) electrons. The lowest BCUT2D eigenvalue weighted by molar-refractivity contribution is -0.123. The monoisotopic (exact) mass is 587 g/mol. The van der Waals surface area contributed by atoms with Gasteiger partial charge in [0.2, 0.25) is 11.8 Å². The van der Waals surface area contributed by atoms with E-state index in [0.29, 0.717) is 57.6 Å². The Morgan fingerprint density at radius 2 is 1.93 bits per heavy atom. The number of benzene rings is 1. The maximum absolute atomic E-state index is 12.9. The fourth-order valence-electron chi connectivity index (χ4n) is 4.21. The number of fused-ring (bicyclic) bond motifs is 1. The number of piperidine rings is 1. The minimum Gasteiger partial charge on any atom is -0.378 e. The summed E-state index contributed by atoms with van der Waals surface area (Å²) in [5.74, 6) is -0.0450. The van der Waals surface area contributed by atoms with Gasteiger partial charge in [-0.2, -0.15) is 0 Å². The molecule has 0 atom stereocenters. The molecule has 1 aromatic carbocycles. The van der Waals surface area contributed by atoms with Crippen molar-refractivity contribution < 1.29 is 19.1 Å². The topological polar surface area (TPSA) is 144 Å². The third kappa shape index (κ3) is 9.98. The maximum atomic E-state index is 12.9. The van der Waals surface area contributed by atoms with Crippen LogP contribution in [0.25, 0.3) is 10.2 Å². The summed E-state index contributed by atoms with van der Waals surface area (Å²) in [6.45, 7) is 5.22. The van der Waals surface area contributed by atoms with Crippen LogP contribution in [0.3, 0.4) is 0 Å². The first-order valence-corrected chi connectivity index (χ1v) is 15.1. The van der Waals surface area contributed by atoms with Gasteiger partial charge in [-0.15, -0.1) is 0 Å². The number of pyridine rings is 1. The number of nitrogens with zero attached hydrogens (tertiary/aromatic N) is 3. The second-order valence-corrected chi connectivity index (χ2v) is 11.1. The number of aromatic nitrogens is 2. The van der Waals surface area contributed by atoms with E-state index in [1.165, 1.54) is 23.3 Å². The maximum Gasteiger partial charge on any atom is 0.229 e. The normalized spacial score (nSPS) is 14.3. The fourth-order valence-corrected chi connectivity index (χ4v) is 5.66. The molecule has 40 heavy (non-hydrogen) atoms. The van der Waals surface area contributed by atoms with Crippen molar-refractivity contribution in [2.45, 2.75) is 24.3 Å². The molecule has 2 amide bonds. The molecule has 0 saturated carbocycles. The fraction of sp³-hybridized carbons (Fsp3) is 0.481. The van der Waals surface area contributed by atoms with E-state index in [-0.39, 0.29) is 17.7 Å². The van der Waals surface area contributed by atoms with E-state index in [1.54, 1.807) is 6.20 Å². The molecule has 3 heterocycles. The highest BCUT2D eigenvalue weighted by molar-refractivity contribution is 8.00. The first-order chi connectivity index (χ1) is 19.6. The Balaban J connectivity index is 1.12. The summed E-state index contributed by atoms with van der Waals surface area (Å²) in [5, 5.41) is 7.39. The zero-order valence-corrected chi connectivity index (χ0v) is 24.1. The van der Waals surface area contributed by atoms with E-state index >= 15 is 0 Å². The van der Waals surface area contributed by atoms with Gasteiger partial charge in [-0.3, -0.25) is 9.59 Å². The Kier molecular flexibility index (Phi) is 12.4. The van der Waals surface area contributed by atoms with E-state index in [0.717, 1.165) is 46.9 Å². The molecule has 1 fully saturated rings. The molecule has 13 heteroatoms. The van der Waals surface area contributed by atoms with Crippen LogP contribution in [0, 0.1) is 5.92 Å². The summed E-state index contributed by atoms with van der Waals surface area (Å²) >= 11 is 2.91. The van der Waals surface area contributed by atoms with Crippen molar-refractivity contribution in [2.24, 2.45) is 11.7 Å². The molecule has 5 N–H and O–H groups in total. The van der Waals surface area contributed by atoms with Crippen molar-refractivity contribution in [1.82, 2.24) is 20.2 Å². The van der Waals surface area contributed by atoms with Crippen molar-refractivity contribution in [3.05, 3.63) is 42.6 Å². The average Bonchev–Trinajstić information content (AvgIpc) is 3.38. The second-order valence-electron chi connectivity index (χ2n) is 9.29. The highest BCUT2D eigenvalue weighted by Gasteiger charge is 2.26. The van der Waals surface area contributed by atoms with Gasteiger partial charge in [-0.25, -0.2) is 9.97 Å². The lowest BCUT2D eigenvalue weighted by atomic mass is 9.96. The van der Waals surface area contributed by atoms with Crippen molar-refractivity contribution in [3.63, 3.8) is 0 Å². The summed E-state index contributed by atoms with van der Waals surface area (Å²) in [4.78, 5) is 36.2. The standard InChI is InChI=1S/C27H37N7O4S2/c28-9-15-37-17-18-38-16-11-29-24(35)8-14-34-12-6-20(7-13-34)26(36)32-27-31-22-19-21(4-5-23(22)39-27)33-40-25-3-1-2-10-30-25/h1-5,10,19-20,33H,6-9,11-18,28H2,(H,29,35)(H,31,32,36). The molecule has 3 aromatic rings. The largest absolute Gasteiger partial charge is 0.378 e. The van der Waals surface area contributed by atoms with Gasteiger partial charge in [0.25, 0.3) is 0 Å². The Hall–Kier alpha value is -2.81. The van der Waals surface area contributed by atoms with Gasteiger partial charge in [-0.1, -0.05) is 17.4 Å². The van der Waals surface area contributed by atoms with E-state index < -0.39 is 0 Å². The number of hydrogen-bond acceptors (Lipinski definition) is 11. The minimum atomic E-state index is -0.0601. The Morgan fingerprint density at radius 3 is 2.70 bits per heavy atom. The van der Waals surface area contributed by atoms with E-state index in [4.69, 9.17) is 15.2 Å². The number of rotatable bonds is 16. The summed E-state index contributed by atoms with van der Waals surface area (Å²) in [5.41, 5.74) is 7.11. The molecule has 0 spiro atoms. The zero-order valence-electron chi connectivity index (χ0n) is 22.5. The molecule has 0 bridgehead atoms. The predicted molar refractivity (Wildman–Crippen MR) is 159 cm³/mol. The number of amides is 2. The summed E-state index contributed by atoms with van der Waals surface area (Å²) in [6, 6.07) is 11.7. The van der Waals surface area contributed by atoms with Crippen molar-refractivity contribution in [3.8, 4) is 0 Å². The number of nitrogens with one attached hydrogen (secondary N) is 3. The zero-order chi connectivity index (χ0) is 28.0. The summed E-state index contributed by atoms with van der Waals surface area (Å²) in [7, 11) is 0. The quantitative estimate of drug-likeness (QED) is 0.146. The van der Waals surface area contributed by atoms with Crippen LogP contribution in [0.4, 0.5) is 10.8 Å².